The molecule has 2 atom stereocenters. The first kappa shape index (κ1) is 20.6. The van der Waals surface area contributed by atoms with Gasteiger partial charge in [-0.1, -0.05) is 60.7 Å². The van der Waals surface area contributed by atoms with E-state index < -0.39 is 11.3 Å². The van der Waals surface area contributed by atoms with Crippen molar-refractivity contribution in [2.24, 2.45) is 21.8 Å². The zero-order chi connectivity index (χ0) is 25.2. The van der Waals surface area contributed by atoms with Crippen molar-refractivity contribution in [1.29, 1.82) is 0 Å². The lowest BCUT2D eigenvalue weighted by atomic mass is 9.64. The smallest absolute Gasteiger partial charge is 0.292 e. The Morgan fingerprint density at radius 3 is 1.26 bits per heavy atom. The molecule has 0 bridgehead atoms. The number of fused-ring (bicyclic) bond motifs is 4. The highest BCUT2D eigenvalue weighted by molar-refractivity contribution is 5.92. The Labute approximate surface area is 219 Å². The van der Waals surface area contributed by atoms with Gasteiger partial charge in [0.2, 0.25) is 0 Å². The van der Waals surface area contributed by atoms with Crippen LogP contribution in [0.4, 0.5) is 9.59 Å². The van der Waals surface area contributed by atoms with Crippen molar-refractivity contribution >= 4 is 24.5 Å². The fourth-order valence-electron chi connectivity index (χ4n) is 8.27. The molecule has 0 saturated carbocycles. The van der Waals surface area contributed by atoms with Gasteiger partial charge in [-0.25, -0.2) is 9.59 Å². The molecule has 4 amide bonds. The van der Waals surface area contributed by atoms with Gasteiger partial charge in [0.15, 0.2) is 11.3 Å². The fraction of sp³-hybridized carbons (Fsp3) is 0.267. The Balaban J connectivity index is 1.43. The molecule has 8 nitrogen and oxygen atoms in total. The van der Waals surface area contributed by atoms with Crippen LogP contribution in [0.2, 0.25) is 0 Å². The van der Waals surface area contributed by atoms with E-state index in [1.807, 2.05) is 56.0 Å². The van der Waals surface area contributed by atoms with Gasteiger partial charge in [-0.15, -0.1) is 0 Å². The number of amides is 4. The van der Waals surface area contributed by atoms with Gasteiger partial charge in [0.1, 0.15) is 0 Å². The number of allylic oxidation sites excluding steroid dienone is 2. The molecular weight excluding hydrogens is 476 g/mol. The minimum Gasteiger partial charge on any atom is -0.292 e. The minimum atomic E-state index is -0.989. The van der Waals surface area contributed by atoms with Gasteiger partial charge in [-0.05, 0) is 34.4 Å². The fourth-order valence-corrected chi connectivity index (χ4v) is 8.27. The molecule has 9 rings (SSSR count). The molecule has 0 radical (unpaired) electrons. The van der Waals surface area contributed by atoms with E-state index in [0.29, 0.717) is 26.2 Å². The van der Waals surface area contributed by atoms with Crippen molar-refractivity contribution < 1.29 is 9.59 Å². The number of rotatable bonds is 0. The van der Waals surface area contributed by atoms with Crippen LogP contribution in [0.1, 0.15) is 22.3 Å². The maximum absolute atomic E-state index is 14.8. The van der Waals surface area contributed by atoms with Gasteiger partial charge in [0.05, 0.1) is 49.4 Å². The average Bonchev–Trinajstić information content (AvgIpc) is 3.14. The van der Waals surface area contributed by atoms with Crippen molar-refractivity contribution in [3.8, 4) is 0 Å². The maximum atomic E-state index is 14.8. The normalized spacial score (nSPS) is 32.9. The Hall–Kier alpha value is -4.46. The summed E-state index contributed by atoms with van der Waals surface area (Å²) >= 11 is 0. The lowest BCUT2D eigenvalue weighted by Gasteiger charge is -2.57. The summed E-state index contributed by atoms with van der Waals surface area (Å²) in [4.78, 5) is 47.3. The summed E-state index contributed by atoms with van der Waals surface area (Å²) in [6, 6.07) is 16.3. The minimum absolute atomic E-state index is 0.0487. The Morgan fingerprint density at radius 2 is 0.921 bits per heavy atom. The summed E-state index contributed by atoms with van der Waals surface area (Å²) in [6.07, 6.45) is 11.8. The third kappa shape index (κ3) is 2.02. The number of carbonyl (C=O) groups is 2. The molecule has 2 unspecified atom stereocenters. The first-order valence-corrected chi connectivity index (χ1v) is 13.1. The van der Waals surface area contributed by atoms with Gasteiger partial charge < -0.3 is 0 Å². The second-order valence-electron chi connectivity index (χ2n) is 11.0. The van der Waals surface area contributed by atoms with Crippen LogP contribution in [0.3, 0.4) is 0 Å². The van der Waals surface area contributed by atoms with Crippen LogP contribution < -0.4 is 0 Å². The molecule has 6 heterocycles. The average molecular weight is 501 g/mol. The van der Waals surface area contributed by atoms with Crippen LogP contribution >= 0.6 is 0 Å². The highest BCUT2D eigenvalue weighted by Crippen LogP contribution is 2.67. The second-order valence-corrected chi connectivity index (χ2v) is 11.0. The van der Waals surface area contributed by atoms with Gasteiger partial charge in [-0.3, -0.25) is 29.6 Å². The molecule has 0 N–H and O–H groups in total. The van der Waals surface area contributed by atoms with Crippen molar-refractivity contribution in [3.63, 3.8) is 0 Å². The third-order valence-electron chi connectivity index (χ3n) is 9.59. The molecular formula is C30H24N6O2. The van der Waals surface area contributed by atoms with Crippen molar-refractivity contribution in [2.45, 2.75) is 37.5 Å². The van der Waals surface area contributed by atoms with Gasteiger partial charge >= 0.3 is 12.1 Å². The summed E-state index contributed by atoms with van der Waals surface area (Å²) < 4.78 is 0. The van der Waals surface area contributed by atoms with Crippen LogP contribution in [0.15, 0.2) is 94.2 Å². The van der Waals surface area contributed by atoms with E-state index in [0.717, 1.165) is 33.6 Å². The predicted octanol–water partition coefficient (Wildman–Crippen LogP) is 4.02. The number of nitrogens with zero attached hydrogens (tertiary/aromatic N) is 6. The van der Waals surface area contributed by atoms with E-state index >= 15 is 0 Å². The summed E-state index contributed by atoms with van der Waals surface area (Å²) in [5, 5.41) is 0. The number of hydrogen-bond acceptors (Lipinski definition) is 4. The van der Waals surface area contributed by atoms with E-state index in [9.17, 15) is 9.59 Å². The van der Waals surface area contributed by atoms with Crippen molar-refractivity contribution in [2.75, 3.05) is 0 Å². The van der Waals surface area contributed by atoms with E-state index in [1.165, 1.54) is 0 Å². The topological polar surface area (TPSA) is 71.8 Å². The molecule has 38 heavy (non-hydrogen) atoms. The van der Waals surface area contributed by atoms with Crippen molar-refractivity contribution in [3.05, 3.63) is 106 Å². The molecule has 2 saturated heterocycles. The third-order valence-corrected chi connectivity index (χ3v) is 9.59. The van der Waals surface area contributed by atoms with E-state index in [2.05, 4.69) is 36.4 Å². The summed E-state index contributed by atoms with van der Waals surface area (Å²) in [6.45, 7) is 1.73. The predicted molar refractivity (Wildman–Crippen MR) is 141 cm³/mol. The van der Waals surface area contributed by atoms with Crippen LogP contribution in [0.5, 0.6) is 0 Å². The van der Waals surface area contributed by atoms with Gasteiger partial charge in [-0.2, -0.15) is 0 Å². The van der Waals surface area contributed by atoms with E-state index in [4.69, 9.17) is 9.98 Å². The zero-order valence-corrected chi connectivity index (χ0v) is 20.6. The van der Waals surface area contributed by atoms with Gasteiger partial charge in [0, 0.05) is 12.4 Å². The monoisotopic (exact) mass is 500 g/mol. The first-order valence-electron chi connectivity index (χ1n) is 13.1. The lowest BCUT2D eigenvalue weighted by Crippen LogP contribution is -2.75. The maximum Gasteiger partial charge on any atom is 0.324 e. The SMILES string of the molecule is O=C1N2Cc3ccccc3CN3C(=O)N4Cc5ccccc5CN1C41C4C=CC=NC4=C4N=CC=CC4C231. The molecule has 0 aromatic heterocycles. The number of hydrogen-bond donors (Lipinski definition) is 0. The Kier molecular flexibility index (Phi) is 3.63. The highest BCUT2D eigenvalue weighted by atomic mass is 16.2. The molecule has 1 aliphatic carbocycles. The summed E-state index contributed by atoms with van der Waals surface area (Å²) in [5.41, 5.74) is 4.02. The van der Waals surface area contributed by atoms with Crippen LogP contribution in [-0.4, -0.2) is 55.4 Å². The molecule has 7 aliphatic rings. The number of dihydropyridines is 2. The van der Waals surface area contributed by atoms with E-state index in [-0.39, 0.29) is 23.9 Å². The first-order chi connectivity index (χ1) is 18.7. The number of carbonyl (C=O) groups excluding carboxylic acids is 2. The van der Waals surface area contributed by atoms with Crippen LogP contribution in [0, 0.1) is 11.8 Å². The molecule has 2 fully saturated rings. The highest BCUT2D eigenvalue weighted by Gasteiger charge is 2.85. The zero-order valence-electron chi connectivity index (χ0n) is 20.6. The number of benzene rings is 2. The molecule has 186 valence electrons. The van der Waals surface area contributed by atoms with Crippen molar-refractivity contribution in [1.82, 2.24) is 19.6 Å². The summed E-state index contributed by atoms with van der Waals surface area (Å²) in [7, 11) is 0. The molecule has 8 heteroatoms. The molecule has 2 spiro atoms. The Morgan fingerprint density at radius 1 is 0.579 bits per heavy atom. The standard InChI is InChI=1S/C30H24N6O2/c37-27-33-15-19-7-1-2-8-20(19)16-34-28(38)36-18-22-10-4-3-9-21(22)17-35(27)30(36)24-12-6-14-32-26(24)25-23(29(30,33)34)11-5-13-31-25/h1-14,23-24H,15-18H2. The molecule has 6 aliphatic heterocycles. The lowest BCUT2D eigenvalue weighted by molar-refractivity contribution is -0.112. The molecule has 2 aromatic rings. The van der Waals surface area contributed by atoms with Crippen LogP contribution in [0.25, 0.3) is 0 Å². The molecule has 2 aromatic carbocycles. The largest absolute Gasteiger partial charge is 0.324 e. The number of urea groups is 2. The quantitative estimate of drug-likeness (QED) is 0.548. The second kappa shape index (κ2) is 6.69. The Bertz CT molecular complexity index is 1440. The van der Waals surface area contributed by atoms with E-state index in [1.54, 1.807) is 12.4 Å². The van der Waals surface area contributed by atoms with Crippen LogP contribution in [-0.2, 0) is 26.2 Å². The number of aliphatic imine (C=N–C) groups is 2. The van der Waals surface area contributed by atoms with Gasteiger partial charge in [0.25, 0.3) is 0 Å². The summed E-state index contributed by atoms with van der Waals surface area (Å²) in [5.74, 6) is -0.637.